The minimum absolute atomic E-state index is 1.14. The molecule has 0 aliphatic heterocycles. The van der Waals surface area contributed by atoms with Crippen LogP contribution in [0.15, 0.2) is 85.0 Å². The van der Waals surface area contributed by atoms with Crippen LogP contribution in [-0.4, -0.2) is 17.6 Å². The van der Waals surface area contributed by atoms with Crippen LogP contribution in [-0.2, 0) is 13.1 Å². The summed E-state index contributed by atoms with van der Waals surface area (Å²) >= 11 is 0. The van der Waals surface area contributed by atoms with Crippen molar-refractivity contribution in [3.05, 3.63) is 96.1 Å². The molecule has 0 aliphatic carbocycles. The lowest BCUT2D eigenvalue weighted by molar-refractivity contribution is -0.954. The number of allylic oxidation sites excluding steroid dienone is 4. The average molecular weight is 671 g/mol. The molecule has 2 aromatic rings. The van der Waals surface area contributed by atoms with Gasteiger partial charge in [-0.25, -0.2) is 0 Å². The van der Waals surface area contributed by atoms with E-state index >= 15 is 0 Å². The van der Waals surface area contributed by atoms with Gasteiger partial charge >= 0.3 is 0 Å². The van der Waals surface area contributed by atoms with E-state index in [-0.39, 0.29) is 0 Å². The molecule has 0 aliphatic rings. The number of benzene rings is 2. The SMILES string of the molecule is CCCCCCCCCCC/C=C/CCCC[N+](CCCC/C=C/CCCCCCCCCCC)(Cc1ccccc1)Cc1ccccc1. The lowest BCUT2D eigenvalue weighted by atomic mass is 10.1. The average Bonchev–Trinajstić information content (AvgIpc) is 3.12. The summed E-state index contributed by atoms with van der Waals surface area (Å²) in [7, 11) is 0. The van der Waals surface area contributed by atoms with E-state index in [9.17, 15) is 0 Å². The minimum Gasteiger partial charge on any atom is -0.316 e. The number of rotatable bonds is 34. The van der Waals surface area contributed by atoms with Crippen molar-refractivity contribution in [2.45, 2.75) is 194 Å². The van der Waals surface area contributed by atoms with Crippen molar-refractivity contribution in [3.63, 3.8) is 0 Å². The molecule has 2 aromatic carbocycles. The minimum atomic E-state index is 1.14. The summed E-state index contributed by atoms with van der Waals surface area (Å²) in [5, 5.41) is 0. The third-order valence-corrected chi connectivity index (χ3v) is 10.5. The van der Waals surface area contributed by atoms with Crippen molar-refractivity contribution in [2.24, 2.45) is 0 Å². The molecule has 0 saturated carbocycles. The van der Waals surface area contributed by atoms with Gasteiger partial charge in [-0.1, -0.05) is 202 Å². The Labute approximate surface area is 306 Å². The summed E-state index contributed by atoms with van der Waals surface area (Å²) in [6.45, 7) is 9.42. The molecule has 0 aromatic heterocycles. The van der Waals surface area contributed by atoms with Gasteiger partial charge in [0.05, 0.1) is 13.1 Å². The molecule has 2 rings (SSSR count). The van der Waals surface area contributed by atoms with Crippen molar-refractivity contribution in [1.82, 2.24) is 0 Å². The molecule has 0 radical (unpaired) electrons. The lowest BCUT2D eigenvalue weighted by Crippen LogP contribution is -2.48. The molecule has 0 atom stereocenters. The molecule has 1 heteroatoms. The van der Waals surface area contributed by atoms with E-state index in [1.807, 2.05) is 0 Å². The summed E-state index contributed by atoms with van der Waals surface area (Å²) in [5.41, 5.74) is 2.97. The maximum absolute atomic E-state index is 2.48. The van der Waals surface area contributed by atoms with Crippen LogP contribution < -0.4 is 0 Å². The summed E-state index contributed by atoms with van der Waals surface area (Å²) in [6, 6.07) is 22.6. The van der Waals surface area contributed by atoms with Gasteiger partial charge in [-0.15, -0.1) is 0 Å². The van der Waals surface area contributed by atoms with Crippen molar-refractivity contribution in [3.8, 4) is 0 Å². The van der Waals surface area contributed by atoms with E-state index in [0.29, 0.717) is 0 Å². The summed E-state index contributed by atoms with van der Waals surface area (Å²) in [5.74, 6) is 0. The zero-order valence-electron chi connectivity index (χ0n) is 32.7. The van der Waals surface area contributed by atoms with Gasteiger partial charge in [0.1, 0.15) is 13.1 Å². The smallest absolute Gasteiger partial charge is 0.105 e. The van der Waals surface area contributed by atoms with Gasteiger partial charge < -0.3 is 4.48 Å². The quantitative estimate of drug-likeness (QED) is 0.0395. The molecule has 0 bridgehead atoms. The maximum Gasteiger partial charge on any atom is 0.105 e. The molecule has 49 heavy (non-hydrogen) atoms. The monoisotopic (exact) mass is 671 g/mol. The third kappa shape index (κ3) is 24.6. The molecule has 0 fully saturated rings. The van der Waals surface area contributed by atoms with Crippen molar-refractivity contribution < 1.29 is 4.48 Å². The van der Waals surface area contributed by atoms with E-state index in [0.717, 1.165) is 13.1 Å². The second-order valence-corrected chi connectivity index (χ2v) is 15.2. The van der Waals surface area contributed by atoms with E-state index in [1.165, 1.54) is 196 Å². The van der Waals surface area contributed by atoms with Crippen molar-refractivity contribution in [1.29, 1.82) is 0 Å². The van der Waals surface area contributed by atoms with Crippen molar-refractivity contribution in [2.75, 3.05) is 13.1 Å². The highest BCUT2D eigenvalue weighted by Gasteiger charge is 2.27. The van der Waals surface area contributed by atoms with Crippen LogP contribution in [0.3, 0.4) is 0 Å². The van der Waals surface area contributed by atoms with Gasteiger partial charge in [0, 0.05) is 11.1 Å². The van der Waals surface area contributed by atoms with Gasteiger partial charge in [0.2, 0.25) is 0 Å². The highest BCUT2D eigenvalue weighted by Crippen LogP contribution is 2.24. The Morgan fingerprint density at radius 1 is 0.347 bits per heavy atom. The number of unbranched alkanes of at least 4 members (excludes halogenated alkanes) is 22. The van der Waals surface area contributed by atoms with E-state index in [2.05, 4.69) is 98.8 Å². The van der Waals surface area contributed by atoms with Crippen LogP contribution in [0.2, 0.25) is 0 Å². The number of hydrogen-bond acceptors (Lipinski definition) is 0. The Morgan fingerprint density at radius 3 is 0.959 bits per heavy atom. The Bertz CT molecular complexity index is 922. The Kier molecular flexibility index (Phi) is 28.0. The number of nitrogens with zero attached hydrogens (tertiary/aromatic N) is 1. The summed E-state index contributed by atoms with van der Waals surface area (Å²) in [6.07, 6.45) is 45.6. The Morgan fingerprint density at radius 2 is 0.633 bits per heavy atom. The normalized spacial score (nSPS) is 12.1. The Balaban J connectivity index is 1.76. The van der Waals surface area contributed by atoms with E-state index < -0.39 is 0 Å². The van der Waals surface area contributed by atoms with Gasteiger partial charge in [-0.2, -0.15) is 0 Å². The van der Waals surface area contributed by atoms with E-state index in [1.54, 1.807) is 0 Å². The molecule has 0 spiro atoms. The molecule has 0 unspecified atom stereocenters. The van der Waals surface area contributed by atoms with Crippen LogP contribution in [0.1, 0.15) is 192 Å². The van der Waals surface area contributed by atoms with Gasteiger partial charge in [-0.3, -0.25) is 0 Å². The second-order valence-electron chi connectivity index (χ2n) is 15.2. The first kappa shape index (κ1) is 43.0. The maximum atomic E-state index is 2.48. The predicted octanol–water partition coefficient (Wildman–Crippen LogP) is 15.5. The van der Waals surface area contributed by atoms with Gasteiger partial charge in [0.25, 0.3) is 0 Å². The van der Waals surface area contributed by atoms with Crippen LogP contribution >= 0.6 is 0 Å². The molecular formula is C48H80N+. The van der Waals surface area contributed by atoms with E-state index in [4.69, 9.17) is 0 Å². The molecular weight excluding hydrogens is 591 g/mol. The number of hydrogen-bond donors (Lipinski definition) is 0. The fourth-order valence-corrected chi connectivity index (χ4v) is 7.46. The zero-order chi connectivity index (χ0) is 34.8. The topological polar surface area (TPSA) is 0 Å². The first-order valence-corrected chi connectivity index (χ1v) is 21.5. The van der Waals surface area contributed by atoms with Crippen LogP contribution in [0.4, 0.5) is 0 Å². The summed E-state index contributed by atoms with van der Waals surface area (Å²) < 4.78 is 1.18. The highest BCUT2D eigenvalue weighted by molar-refractivity contribution is 5.15. The molecule has 0 amide bonds. The van der Waals surface area contributed by atoms with Crippen LogP contribution in [0, 0.1) is 0 Å². The van der Waals surface area contributed by atoms with Gasteiger partial charge in [0.15, 0.2) is 0 Å². The molecule has 0 heterocycles. The second kappa shape index (κ2) is 31.8. The first-order valence-electron chi connectivity index (χ1n) is 21.5. The highest BCUT2D eigenvalue weighted by atomic mass is 15.3. The first-order chi connectivity index (χ1) is 24.3. The lowest BCUT2D eigenvalue weighted by Gasteiger charge is -2.39. The zero-order valence-corrected chi connectivity index (χ0v) is 32.7. The summed E-state index contributed by atoms with van der Waals surface area (Å²) in [4.78, 5) is 0. The molecule has 0 saturated heterocycles. The predicted molar refractivity (Wildman–Crippen MR) is 220 cm³/mol. The largest absolute Gasteiger partial charge is 0.316 e. The van der Waals surface area contributed by atoms with Gasteiger partial charge in [-0.05, 0) is 64.2 Å². The van der Waals surface area contributed by atoms with Crippen LogP contribution in [0.5, 0.6) is 0 Å². The number of quaternary nitrogens is 1. The van der Waals surface area contributed by atoms with Crippen molar-refractivity contribution >= 4 is 0 Å². The Hall–Kier alpha value is -2.12. The van der Waals surface area contributed by atoms with Crippen LogP contribution in [0.25, 0.3) is 0 Å². The fraction of sp³-hybridized carbons (Fsp3) is 0.667. The standard InChI is InChI=1S/C48H80N/c1-3-5-7-9-11-13-15-17-19-21-23-25-27-29-37-43-49(45-47-39-33-31-34-40-47,46-48-41-35-32-36-42-48)44-38-30-28-26-24-22-20-18-16-14-12-10-8-6-4-2/h23-26,31-36,39-42H,3-22,27-30,37-38,43-46H2,1-2H3/q+1/b25-23+,26-24+. The third-order valence-electron chi connectivity index (χ3n) is 10.5. The molecule has 276 valence electrons. The molecule has 0 N–H and O–H groups in total. The molecule has 1 nitrogen and oxygen atoms in total. The fourth-order valence-electron chi connectivity index (χ4n) is 7.46.